The molecule has 18 heavy (non-hydrogen) atoms. The zero-order valence-electron chi connectivity index (χ0n) is 9.62. The van der Waals surface area contributed by atoms with Gasteiger partial charge < -0.3 is 9.47 Å². The van der Waals surface area contributed by atoms with Crippen LogP contribution in [0.1, 0.15) is 10.7 Å². The molecule has 4 nitrogen and oxygen atoms in total. The predicted octanol–water partition coefficient (Wildman–Crippen LogP) is 1.98. The van der Waals surface area contributed by atoms with Gasteiger partial charge >= 0.3 is 12.1 Å². The highest BCUT2D eigenvalue weighted by Crippen LogP contribution is 2.15. The lowest BCUT2D eigenvalue weighted by molar-refractivity contribution is -0.173. The van der Waals surface area contributed by atoms with E-state index in [1.807, 2.05) is 0 Å². The molecule has 0 aliphatic heterocycles. The van der Waals surface area contributed by atoms with Gasteiger partial charge in [0.25, 0.3) is 0 Å². The average Bonchev–Trinajstić information content (AvgIpc) is 2.71. The third-order valence-electron chi connectivity index (χ3n) is 1.88. The second kappa shape index (κ2) is 6.69. The van der Waals surface area contributed by atoms with E-state index >= 15 is 0 Å². The van der Waals surface area contributed by atoms with E-state index in [2.05, 4.69) is 14.5 Å². The molecule has 0 radical (unpaired) electrons. The van der Waals surface area contributed by atoms with Crippen molar-refractivity contribution in [1.82, 2.24) is 4.98 Å². The minimum atomic E-state index is -4.31. The van der Waals surface area contributed by atoms with Crippen molar-refractivity contribution in [3.05, 3.63) is 16.1 Å². The van der Waals surface area contributed by atoms with E-state index in [4.69, 9.17) is 0 Å². The summed E-state index contributed by atoms with van der Waals surface area (Å²) in [7, 11) is 1.28. The molecule has 1 rings (SSSR count). The van der Waals surface area contributed by atoms with Gasteiger partial charge in [0.1, 0.15) is 6.61 Å². The summed E-state index contributed by atoms with van der Waals surface area (Å²) in [6, 6.07) is 0. The monoisotopic (exact) mass is 283 g/mol. The van der Waals surface area contributed by atoms with Crippen LogP contribution < -0.4 is 0 Å². The van der Waals surface area contributed by atoms with E-state index in [0.29, 0.717) is 17.1 Å². The third kappa shape index (κ3) is 5.97. The molecule has 0 aliphatic carbocycles. The van der Waals surface area contributed by atoms with Crippen LogP contribution in [0.15, 0.2) is 5.38 Å². The van der Waals surface area contributed by atoms with E-state index < -0.39 is 18.8 Å². The van der Waals surface area contributed by atoms with Crippen LogP contribution in [0.3, 0.4) is 0 Å². The van der Waals surface area contributed by atoms with Crippen molar-refractivity contribution >= 4 is 17.3 Å². The molecule has 1 aromatic heterocycles. The summed E-state index contributed by atoms with van der Waals surface area (Å²) in [5.74, 6) is -0.403. The number of alkyl halides is 3. The number of aromatic nitrogens is 1. The highest BCUT2D eigenvalue weighted by atomic mass is 32.1. The lowest BCUT2D eigenvalue weighted by Gasteiger charge is -2.06. The maximum absolute atomic E-state index is 11.8. The quantitative estimate of drug-likeness (QED) is 0.591. The fourth-order valence-corrected chi connectivity index (χ4v) is 1.89. The first kappa shape index (κ1) is 14.9. The number of methoxy groups -OCH3 is 1. The molecule has 0 fully saturated rings. The molecule has 0 saturated heterocycles. The van der Waals surface area contributed by atoms with Crippen LogP contribution in [0, 0.1) is 0 Å². The van der Waals surface area contributed by atoms with Gasteiger partial charge in [-0.3, -0.25) is 4.79 Å². The van der Waals surface area contributed by atoms with Gasteiger partial charge in [0.05, 0.1) is 30.8 Å². The van der Waals surface area contributed by atoms with Crippen LogP contribution in [-0.4, -0.2) is 37.5 Å². The number of rotatable bonds is 6. The molecule has 0 aromatic carbocycles. The molecule has 0 aliphatic rings. The first-order valence-electron chi connectivity index (χ1n) is 5.05. The van der Waals surface area contributed by atoms with Gasteiger partial charge in [-0.2, -0.15) is 13.2 Å². The van der Waals surface area contributed by atoms with Crippen molar-refractivity contribution in [2.75, 3.05) is 20.3 Å². The van der Waals surface area contributed by atoms with Gasteiger partial charge in [-0.05, 0) is 0 Å². The van der Waals surface area contributed by atoms with Crippen LogP contribution in [0.4, 0.5) is 13.2 Å². The topological polar surface area (TPSA) is 48.4 Å². The Balaban J connectivity index is 2.29. The van der Waals surface area contributed by atoms with E-state index in [-0.39, 0.29) is 13.0 Å². The summed E-state index contributed by atoms with van der Waals surface area (Å²) in [6.07, 6.45) is -3.95. The number of hydrogen-bond donors (Lipinski definition) is 0. The molecule has 0 N–H and O–H groups in total. The van der Waals surface area contributed by atoms with Crippen LogP contribution in [0.2, 0.25) is 0 Å². The van der Waals surface area contributed by atoms with Crippen molar-refractivity contribution in [3.63, 3.8) is 0 Å². The SMILES string of the molecule is COC(=O)Cc1csc(CCOCC(F)(F)F)n1. The van der Waals surface area contributed by atoms with Crippen LogP contribution in [0.5, 0.6) is 0 Å². The molecule has 0 amide bonds. The summed E-state index contributed by atoms with van der Waals surface area (Å²) in [4.78, 5) is 15.0. The van der Waals surface area contributed by atoms with Crippen LogP contribution in [-0.2, 0) is 27.1 Å². The Labute approximate surface area is 106 Å². The van der Waals surface area contributed by atoms with Crippen molar-refractivity contribution in [2.24, 2.45) is 0 Å². The van der Waals surface area contributed by atoms with Gasteiger partial charge in [-0.25, -0.2) is 4.98 Å². The Hall–Kier alpha value is -1.15. The van der Waals surface area contributed by atoms with Crippen molar-refractivity contribution in [1.29, 1.82) is 0 Å². The first-order chi connectivity index (χ1) is 8.40. The largest absolute Gasteiger partial charge is 0.469 e. The van der Waals surface area contributed by atoms with Gasteiger partial charge in [0.15, 0.2) is 0 Å². The molecule has 102 valence electrons. The maximum Gasteiger partial charge on any atom is 0.411 e. The van der Waals surface area contributed by atoms with E-state index in [1.54, 1.807) is 5.38 Å². The van der Waals surface area contributed by atoms with Gasteiger partial charge in [0, 0.05) is 11.8 Å². The Morgan fingerprint density at radius 2 is 2.22 bits per heavy atom. The summed E-state index contributed by atoms with van der Waals surface area (Å²) >= 11 is 1.28. The van der Waals surface area contributed by atoms with Crippen molar-refractivity contribution < 1.29 is 27.4 Å². The molecule has 0 spiro atoms. The standard InChI is InChI=1S/C10H12F3NO3S/c1-16-9(15)4-7-5-18-8(14-7)2-3-17-6-10(11,12)13/h5H,2-4,6H2,1H3. The second-order valence-corrected chi connectivity index (χ2v) is 4.35. The number of carbonyl (C=O) groups excluding carboxylic acids is 1. The van der Waals surface area contributed by atoms with E-state index in [9.17, 15) is 18.0 Å². The minimum absolute atomic E-state index is 0.0509. The first-order valence-corrected chi connectivity index (χ1v) is 5.93. The summed E-state index contributed by atoms with van der Waals surface area (Å²) in [5.41, 5.74) is 0.553. The summed E-state index contributed by atoms with van der Waals surface area (Å²) < 4.78 is 44.3. The predicted molar refractivity (Wildman–Crippen MR) is 58.4 cm³/mol. The number of esters is 1. The molecule has 0 bridgehead atoms. The highest BCUT2D eigenvalue weighted by Gasteiger charge is 2.27. The fraction of sp³-hybridized carbons (Fsp3) is 0.600. The van der Waals surface area contributed by atoms with Crippen LogP contribution >= 0.6 is 11.3 Å². The highest BCUT2D eigenvalue weighted by molar-refractivity contribution is 7.09. The Kier molecular flexibility index (Phi) is 5.54. The lowest BCUT2D eigenvalue weighted by atomic mass is 10.3. The van der Waals surface area contributed by atoms with Gasteiger partial charge in [-0.1, -0.05) is 0 Å². The number of hydrogen-bond acceptors (Lipinski definition) is 5. The zero-order chi connectivity index (χ0) is 13.6. The number of ether oxygens (including phenoxy) is 2. The fourth-order valence-electron chi connectivity index (χ4n) is 1.11. The smallest absolute Gasteiger partial charge is 0.411 e. The Morgan fingerprint density at radius 3 is 2.83 bits per heavy atom. The molecular formula is C10H12F3NO3S. The third-order valence-corrected chi connectivity index (χ3v) is 2.84. The number of carbonyl (C=O) groups is 1. The molecule has 0 atom stereocenters. The molecule has 1 heterocycles. The van der Waals surface area contributed by atoms with Gasteiger partial charge in [-0.15, -0.1) is 11.3 Å². The van der Waals surface area contributed by atoms with E-state index in [1.165, 1.54) is 18.4 Å². The molecule has 0 unspecified atom stereocenters. The molecular weight excluding hydrogens is 271 g/mol. The van der Waals surface area contributed by atoms with Crippen molar-refractivity contribution in [2.45, 2.75) is 19.0 Å². The normalized spacial score (nSPS) is 11.6. The minimum Gasteiger partial charge on any atom is -0.469 e. The Bertz CT molecular complexity index is 392. The second-order valence-electron chi connectivity index (χ2n) is 3.40. The maximum atomic E-state index is 11.8. The number of thiazole rings is 1. The molecule has 8 heteroatoms. The van der Waals surface area contributed by atoms with Crippen LogP contribution in [0.25, 0.3) is 0 Å². The molecule has 1 aromatic rings. The number of nitrogens with zero attached hydrogens (tertiary/aromatic N) is 1. The molecule has 0 saturated carbocycles. The van der Waals surface area contributed by atoms with E-state index in [0.717, 1.165) is 0 Å². The summed E-state index contributed by atoms with van der Waals surface area (Å²) in [5, 5.41) is 2.31. The number of halogens is 3. The lowest BCUT2D eigenvalue weighted by Crippen LogP contribution is -2.17. The van der Waals surface area contributed by atoms with Gasteiger partial charge in [0.2, 0.25) is 0 Å². The Morgan fingerprint density at radius 1 is 1.50 bits per heavy atom. The summed E-state index contributed by atoms with van der Waals surface area (Å²) in [6.45, 7) is -1.31. The average molecular weight is 283 g/mol. The van der Waals surface area contributed by atoms with Crippen molar-refractivity contribution in [3.8, 4) is 0 Å². The zero-order valence-corrected chi connectivity index (χ0v) is 10.4.